The van der Waals surface area contributed by atoms with Gasteiger partial charge < -0.3 is 4.74 Å². The van der Waals surface area contributed by atoms with E-state index in [9.17, 15) is 0 Å². The Balaban J connectivity index is 2.33. The third-order valence-electron chi connectivity index (χ3n) is 2.28. The van der Waals surface area contributed by atoms with Crippen LogP contribution in [-0.2, 0) is 5.88 Å². The molecule has 0 saturated heterocycles. The lowest BCUT2D eigenvalue weighted by molar-refractivity contribution is 0.478. The Labute approximate surface area is 129 Å². The fourth-order valence-electron chi connectivity index (χ4n) is 1.43. The summed E-state index contributed by atoms with van der Waals surface area (Å²) < 4.78 is 6.70. The molecule has 0 bridgehead atoms. The number of rotatable bonds is 3. The van der Waals surface area contributed by atoms with Crippen molar-refractivity contribution in [2.45, 2.75) is 5.88 Å². The fraction of sp³-hybridized carbons (Fsp3) is 0.0769. The van der Waals surface area contributed by atoms with E-state index in [4.69, 9.17) is 39.5 Å². The molecule has 2 aromatic rings. The van der Waals surface area contributed by atoms with E-state index in [2.05, 4.69) is 15.9 Å². The highest BCUT2D eigenvalue weighted by molar-refractivity contribution is 9.10. The largest absolute Gasteiger partial charge is 0.455 e. The standard InChI is InChI=1S/C13H8BrCl3O/c14-9-1-3-12(8(5-9)7-15)18-13-4-2-10(16)6-11(13)17/h1-6H,7H2. The van der Waals surface area contributed by atoms with Gasteiger partial charge in [0.1, 0.15) is 11.5 Å². The topological polar surface area (TPSA) is 9.23 Å². The van der Waals surface area contributed by atoms with Crippen molar-refractivity contribution < 1.29 is 4.74 Å². The first-order valence-electron chi connectivity index (χ1n) is 5.07. The molecule has 0 aliphatic carbocycles. The summed E-state index contributed by atoms with van der Waals surface area (Å²) in [7, 11) is 0. The number of alkyl halides is 1. The summed E-state index contributed by atoms with van der Waals surface area (Å²) in [5.74, 6) is 1.59. The molecule has 2 rings (SSSR count). The van der Waals surface area contributed by atoms with Crippen LogP contribution in [-0.4, -0.2) is 0 Å². The Morgan fingerprint density at radius 3 is 2.39 bits per heavy atom. The van der Waals surface area contributed by atoms with Crippen LogP contribution >= 0.6 is 50.7 Å². The van der Waals surface area contributed by atoms with E-state index in [0.29, 0.717) is 27.4 Å². The third-order valence-corrected chi connectivity index (χ3v) is 3.59. The Morgan fingerprint density at radius 1 is 1.00 bits per heavy atom. The Hall–Kier alpha value is -0.410. The molecule has 0 fully saturated rings. The number of benzene rings is 2. The van der Waals surface area contributed by atoms with Crippen LogP contribution in [0.4, 0.5) is 0 Å². The molecule has 0 saturated carbocycles. The van der Waals surface area contributed by atoms with Crippen molar-refractivity contribution >= 4 is 50.7 Å². The lowest BCUT2D eigenvalue weighted by Gasteiger charge is -2.11. The van der Waals surface area contributed by atoms with Crippen LogP contribution in [0.3, 0.4) is 0 Å². The highest BCUT2D eigenvalue weighted by Gasteiger charge is 2.08. The van der Waals surface area contributed by atoms with Gasteiger partial charge in [-0.1, -0.05) is 39.1 Å². The SMILES string of the molecule is ClCc1cc(Br)ccc1Oc1ccc(Cl)cc1Cl. The summed E-state index contributed by atoms with van der Waals surface area (Å²) >= 11 is 21.2. The van der Waals surface area contributed by atoms with E-state index in [1.165, 1.54) is 0 Å². The van der Waals surface area contributed by atoms with Gasteiger partial charge in [-0.3, -0.25) is 0 Å². The van der Waals surface area contributed by atoms with Crippen LogP contribution < -0.4 is 4.74 Å². The first-order valence-corrected chi connectivity index (χ1v) is 7.16. The van der Waals surface area contributed by atoms with E-state index in [-0.39, 0.29) is 0 Å². The molecule has 0 N–H and O–H groups in total. The first kappa shape index (κ1) is 14.0. The van der Waals surface area contributed by atoms with E-state index in [1.807, 2.05) is 18.2 Å². The predicted molar refractivity (Wildman–Crippen MR) is 80.2 cm³/mol. The summed E-state index contributed by atoms with van der Waals surface area (Å²) in [5.41, 5.74) is 0.886. The van der Waals surface area contributed by atoms with Crippen molar-refractivity contribution in [2.24, 2.45) is 0 Å². The smallest absolute Gasteiger partial charge is 0.146 e. The van der Waals surface area contributed by atoms with Crippen LogP contribution in [0.2, 0.25) is 10.0 Å². The molecule has 2 aromatic carbocycles. The summed E-state index contributed by atoms with van der Waals surface area (Å²) in [4.78, 5) is 0. The Kier molecular flexibility index (Phi) is 4.79. The zero-order valence-corrected chi connectivity index (χ0v) is 12.9. The van der Waals surface area contributed by atoms with Gasteiger partial charge in [-0.25, -0.2) is 0 Å². The average Bonchev–Trinajstić information content (AvgIpc) is 2.34. The van der Waals surface area contributed by atoms with Gasteiger partial charge in [-0.2, -0.15) is 0 Å². The second-order valence-corrected chi connectivity index (χ2v) is 5.59. The van der Waals surface area contributed by atoms with Crippen LogP contribution in [0, 0.1) is 0 Å². The van der Waals surface area contributed by atoms with E-state index < -0.39 is 0 Å². The average molecular weight is 366 g/mol. The molecule has 0 aliphatic rings. The van der Waals surface area contributed by atoms with Gasteiger partial charge in [-0.05, 0) is 36.4 Å². The molecular formula is C13H8BrCl3O. The normalized spacial score (nSPS) is 10.4. The molecule has 1 nitrogen and oxygen atoms in total. The maximum Gasteiger partial charge on any atom is 0.146 e. The van der Waals surface area contributed by atoms with E-state index in [0.717, 1.165) is 10.0 Å². The summed E-state index contributed by atoms with van der Waals surface area (Å²) in [6.07, 6.45) is 0. The van der Waals surface area contributed by atoms with Crippen molar-refractivity contribution in [3.8, 4) is 11.5 Å². The van der Waals surface area contributed by atoms with Crippen molar-refractivity contribution in [1.82, 2.24) is 0 Å². The summed E-state index contributed by atoms with van der Waals surface area (Å²) in [5, 5.41) is 1.03. The van der Waals surface area contributed by atoms with Crippen LogP contribution in [0.1, 0.15) is 5.56 Å². The maximum atomic E-state index is 6.05. The molecule has 0 heterocycles. The second-order valence-electron chi connectivity index (χ2n) is 3.56. The van der Waals surface area contributed by atoms with Crippen LogP contribution in [0.5, 0.6) is 11.5 Å². The molecule has 94 valence electrons. The fourth-order valence-corrected chi connectivity index (χ4v) is 2.49. The molecule has 0 aliphatic heterocycles. The molecule has 0 radical (unpaired) electrons. The van der Waals surface area contributed by atoms with Gasteiger partial charge in [0.25, 0.3) is 0 Å². The number of hydrogen-bond acceptors (Lipinski definition) is 1. The van der Waals surface area contributed by atoms with Crippen LogP contribution in [0.25, 0.3) is 0 Å². The van der Waals surface area contributed by atoms with Gasteiger partial charge in [0.15, 0.2) is 0 Å². The minimum Gasteiger partial charge on any atom is -0.455 e. The van der Waals surface area contributed by atoms with E-state index >= 15 is 0 Å². The minimum atomic E-state index is 0.361. The lowest BCUT2D eigenvalue weighted by atomic mass is 10.2. The third kappa shape index (κ3) is 3.33. The number of hydrogen-bond donors (Lipinski definition) is 0. The molecule has 0 amide bonds. The zero-order valence-electron chi connectivity index (χ0n) is 9.09. The maximum absolute atomic E-state index is 6.05. The van der Waals surface area contributed by atoms with Crippen molar-refractivity contribution in [3.05, 3.63) is 56.5 Å². The van der Waals surface area contributed by atoms with Gasteiger partial charge >= 0.3 is 0 Å². The predicted octanol–water partition coefficient (Wildman–Crippen LogP) is 6.29. The van der Waals surface area contributed by atoms with Gasteiger partial charge in [-0.15, -0.1) is 11.6 Å². The molecule has 5 heteroatoms. The Bertz CT molecular complexity index is 572. The molecule has 0 atom stereocenters. The monoisotopic (exact) mass is 364 g/mol. The molecule has 0 aromatic heterocycles. The van der Waals surface area contributed by atoms with Crippen molar-refractivity contribution in [2.75, 3.05) is 0 Å². The van der Waals surface area contributed by atoms with Gasteiger partial charge in [0, 0.05) is 15.1 Å². The minimum absolute atomic E-state index is 0.361. The first-order chi connectivity index (χ1) is 8.60. The molecule has 18 heavy (non-hydrogen) atoms. The second kappa shape index (κ2) is 6.16. The van der Waals surface area contributed by atoms with Crippen LogP contribution in [0.15, 0.2) is 40.9 Å². The number of halogens is 4. The zero-order chi connectivity index (χ0) is 13.1. The number of ether oxygens (including phenoxy) is 1. The highest BCUT2D eigenvalue weighted by Crippen LogP contribution is 2.34. The van der Waals surface area contributed by atoms with Crippen molar-refractivity contribution in [3.63, 3.8) is 0 Å². The van der Waals surface area contributed by atoms with Gasteiger partial charge in [0.2, 0.25) is 0 Å². The quantitative estimate of drug-likeness (QED) is 0.580. The molecular weight excluding hydrogens is 358 g/mol. The van der Waals surface area contributed by atoms with E-state index in [1.54, 1.807) is 18.2 Å². The van der Waals surface area contributed by atoms with Crippen molar-refractivity contribution in [1.29, 1.82) is 0 Å². The molecule has 0 unspecified atom stereocenters. The van der Waals surface area contributed by atoms with Gasteiger partial charge in [0.05, 0.1) is 10.9 Å². The highest BCUT2D eigenvalue weighted by atomic mass is 79.9. The summed E-state index contributed by atoms with van der Waals surface area (Å²) in [6.45, 7) is 0. The summed E-state index contributed by atoms with van der Waals surface area (Å²) in [6, 6.07) is 10.7. The molecule has 0 spiro atoms. The Morgan fingerprint density at radius 2 is 1.72 bits per heavy atom. The lowest BCUT2D eigenvalue weighted by Crippen LogP contribution is -1.90.